The van der Waals surface area contributed by atoms with Crippen molar-refractivity contribution in [3.8, 4) is 17.2 Å². The first-order valence-electron chi connectivity index (χ1n) is 7.68. The van der Waals surface area contributed by atoms with Crippen LogP contribution in [0.25, 0.3) is 11.0 Å². The second-order valence-electron chi connectivity index (χ2n) is 5.45. The minimum absolute atomic E-state index is 0.149. The van der Waals surface area contributed by atoms with E-state index in [0.717, 1.165) is 16.8 Å². The molecule has 3 aromatic rings. The number of hydrogen-bond acceptors (Lipinski definition) is 6. The summed E-state index contributed by atoms with van der Waals surface area (Å²) in [6.07, 6.45) is 0. The quantitative estimate of drug-likeness (QED) is 0.645. The lowest BCUT2D eigenvalue weighted by atomic mass is 10.2. The number of carbonyl (C=O) groups is 1. The minimum Gasteiger partial charge on any atom is -0.497 e. The van der Waals surface area contributed by atoms with Gasteiger partial charge < -0.3 is 24.5 Å². The fourth-order valence-electron chi connectivity index (χ4n) is 2.49. The maximum absolute atomic E-state index is 12.2. The number of aromatic nitrogens is 2. The number of hydrogen-bond donors (Lipinski definition) is 2. The van der Waals surface area contributed by atoms with E-state index in [1.165, 1.54) is 11.8 Å². The van der Waals surface area contributed by atoms with Crippen LogP contribution < -0.4 is 19.5 Å². The summed E-state index contributed by atoms with van der Waals surface area (Å²) in [5.41, 5.74) is 2.15. The molecule has 9 heteroatoms. The molecule has 0 saturated carbocycles. The second-order valence-corrected chi connectivity index (χ2v) is 6.82. The Morgan fingerprint density at radius 3 is 2.96 bits per heavy atom. The summed E-state index contributed by atoms with van der Waals surface area (Å²) in [5, 5.41) is 3.82. The number of thioether (sulfide) groups is 1. The van der Waals surface area contributed by atoms with E-state index in [-0.39, 0.29) is 18.5 Å². The van der Waals surface area contributed by atoms with Gasteiger partial charge in [-0.25, -0.2) is 4.98 Å². The third-order valence-electron chi connectivity index (χ3n) is 3.74. The van der Waals surface area contributed by atoms with Crippen molar-refractivity contribution >= 4 is 46.0 Å². The van der Waals surface area contributed by atoms with Crippen molar-refractivity contribution in [3.05, 3.63) is 35.4 Å². The molecule has 0 unspecified atom stereocenters. The average Bonchev–Trinajstić information content (AvgIpc) is 3.25. The molecule has 0 atom stereocenters. The fourth-order valence-corrected chi connectivity index (χ4v) is 3.38. The second kappa shape index (κ2) is 6.97. The molecular weight excluding hydrogens is 378 g/mol. The van der Waals surface area contributed by atoms with Crippen LogP contribution in [0.3, 0.4) is 0 Å². The molecule has 0 saturated heterocycles. The summed E-state index contributed by atoms with van der Waals surface area (Å²) in [7, 11) is 1.61. The normalized spacial score (nSPS) is 12.4. The first kappa shape index (κ1) is 16.9. The van der Waals surface area contributed by atoms with Gasteiger partial charge in [0.05, 0.1) is 34.6 Å². The van der Waals surface area contributed by atoms with E-state index in [2.05, 4.69) is 15.3 Å². The number of anilines is 1. The Hall–Kier alpha value is -2.58. The Balaban J connectivity index is 1.41. The van der Waals surface area contributed by atoms with E-state index >= 15 is 0 Å². The van der Waals surface area contributed by atoms with E-state index in [1.54, 1.807) is 19.2 Å². The predicted molar refractivity (Wildman–Crippen MR) is 99.6 cm³/mol. The highest BCUT2D eigenvalue weighted by Crippen LogP contribution is 2.39. The molecule has 2 heterocycles. The summed E-state index contributed by atoms with van der Waals surface area (Å²) < 4.78 is 15.7. The summed E-state index contributed by atoms with van der Waals surface area (Å²) in [6, 6.07) is 8.84. The molecule has 1 aromatic heterocycles. The Morgan fingerprint density at radius 2 is 2.15 bits per heavy atom. The van der Waals surface area contributed by atoms with Crippen molar-refractivity contribution in [2.45, 2.75) is 5.16 Å². The zero-order valence-electron chi connectivity index (χ0n) is 13.7. The number of ether oxygens (including phenoxy) is 3. The van der Waals surface area contributed by atoms with E-state index in [9.17, 15) is 4.79 Å². The third kappa shape index (κ3) is 3.38. The van der Waals surface area contributed by atoms with Crippen LogP contribution in [0.2, 0.25) is 5.02 Å². The van der Waals surface area contributed by atoms with Crippen LogP contribution in [-0.4, -0.2) is 35.5 Å². The number of carbonyl (C=O) groups excluding carboxylic acids is 1. The maximum Gasteiger partial charge on any atom is 0.234 e. The van der Waals surface area contributed by atoms with Gasteiger partial charge in [-0.2, -0.15) is 0 Å². The Morgan fingerprint density at radius 1 is 1.35 bits per heavy atom. The lowest BCUT2D eigenvalue weighted by molar-refractivity contribution is -0.113. The number of amides is 1. The van der Waals surface area contributed by atoms with Crippen LogP contribution >= 0.6 is 23.4 Å². The number of nitrogens with zero attached hydrogens (tertiary/aromatic N) is 1. The number of nitrogens with one attached hydrogen (secondary N) is 2. The molecule has 1 aliphatic heterocycles. The van der Waals surface area contributed by atoms with E-state index < -0.39 is 0 Å². The van der Waals surface area contributed by atoms with Crippen LogP contribution in [0.4, 0.5) is 5.69 Å². The molecule has 0 bridgehead atoms. The summed E-state index contributed by atoms with van der Waals surface area (Å²) in [5.74, 6) is 1.85. The van der Waals surface area contributed by atoms with Crippen molar-refractivity contribution in [2.75, 3.05) is 25.0 Å². The Labute approximate surface area is 158 Å². The van der Waals surface area contributed by atoms with Crippen molar-refractivity contribution < 1.29 is 19.0 Å². The molecule has 4 rings (SSSR count). The lowest BCUT2D eigenvalue weighted by Crippen LogP contribution is -2.14. The van der Waals surface area contributed by atoms with Crippen molar-refractivity contribution in [3.63, 3.8) is 0 Å². The van der Waals surface area contributed by atoms with Crippen molar-refractivity contribution in [1.29, 1.82) is 0 Å². The molecule has 26 heavy (non-hydrogen) atoms. The summed E-state index contributed by atoms with van der Waals surface area (Å²) in [4.78, 5) is 19.8. The molecule has 2 aromatic carbocycles. The highest BCUT2D eigenvalue weighted by atomic mass is 35.5. The molecule has 134 valence electrons. The van der Waals surface area contributed by atoms with Gasteiger partial charge in [0, 0.05) is 18.2 Å². The smallest absolute Gasteiger partial charge is 0.234 e. The van der Waals surface area contributed by atoms with Crippen molar-refractivity contribution in [2.24, 2.45) is 0 Å². The molecule has 1 amide bonds. The first-order chi connectivity index (χ1) is 12.6. The number of methoxy groups -OCH3 is 1. The number of benzene rings is 2. The van der Waals surface area contributed by atoms with Crippen molar-refractivity contribution in [1.82, 2.24) is 9.97 Å². The van der Waals surface area contributed by atoms with Crippen LogP contribution in [0.5, 0.6) is 17.2 Å². The third-order valence-corrected chi connectivity index (χ3v) is 4.93. The highest BCUT2D eigenvalue weighted by molar-refractivity contribution is 7.99. The topological polar surface area (TPSA) is 85.5 Å². The van der Waals surface area contributed by atoms with Gasteiger partial charge in [0.1, 0.15) is 5.75 Å². The van der Waals surface area contributed by atoms with Gasteiger partial charge in [0.15, 0.2) is 16.7 Å². The zero-order valence-corrected chi connectivity index (χ0v) is 15.2. The number of aromatic amines is 1. The van der Waals surface area contributed by atoms with Gasteiger partial charge in [-0.3, -0.25) is 4.79 Å². The minimum atomic E-state index is -0.200. The molecule has 2 N–H and O–H groups in total. The standard InChI is InChI=1S/C17H14ClN3O4S/c1-23-9-2-3-11-13(4-9)21-17(20-11)26-7-16(22)19-12-6-15-14(5-10(12)18)24-8-25-15/h2-6H,7-8H2,1H3,(H,19,22)(H,20,21). The van der Waals surface area contributed by atoms with Crippen LogP contribution in [0, 0.1) is 0 Å². The van der Waals surface area contributed by atoms with E-state index in [1.807, 2.05) is 18.2 Å². The highest BCUT2D eigenvalue weighted by Gasteiger charge is 2.18. The molecule has 0 aliphatic carbocycles. The maximum atomic E-state index is 12.2. The van der Waals surface area contributed by atoms with E-state index in [4.69, 9.17) is 25.8 Å². The number of fused-ring (bicyclic) bond motifs is 2. The molecule has 0 fully saturated rings. The molecule has 1 aliphatic rings. The molecule has 0 radical (unpaired) electrons. The van der Waals surface area contributed by atoms with Gasteiger partial charge in [0.25, 0.3) is 0 Å². The molecule has 7 nitrogen and oxygen atoms in total. The number of rotatable bonds is 5. The number of halogens is 1. The number of imidazole rings is 1. The van der Waals surface area contributed by atoms with Gasteiger partial charge >= 0.3 is 0 Å². The average molecular weight is 392 g/mol. The summed E-state index contributed by atoms with van der Waals surface area (Å²) in [6.45, 7) is 0.149. The molecular formula is C17H14ClN3O4S. The van der Waals surface area contributed by atoms with Gasteiger partial charge in [-0.05, 0) is 12.1 Å². The van der Waals surface area contributed by atoms with Crippen LogP contribution in [-0.2, 0) is 4.79 Å². The van der Waals surface area contributed by atoms with Gasteiger partial charge in [-0.1, -0.05) is 23.4 Å². The lowest BCUT2D eigenvalue weighted by Gasteiger charge is -2.07. The Kier molecular flexibility index (Phi) is 4.52. The summed E-state index contributed by atoms with van der Waals surface area (Å²) >= 11 is 7.46. The largest absolute Gasteiger partial charge is 0.497 e. The molecule has 0 spiro atoms. The Bertz CT molecular complexity index is 992. The zero-order chi connectivity index (χ0) is 18.1. The monoisotopic (exact) mass is 391 g/mol. The van der Waals surface area contributed by atoms with Gasteiger partial charge in [-0.15, -0.1) is 0 Å². The first-order valence-corrected chi connectivity index (χ1v) is 9.04. The predicted octanol–water partition coefficient (Wildman–Crippen LogP) is 3.68. The van der Waals surface area contributed by atoms with Crippen LogP contribution in [0.15, 0.2) is 35.5 Å². The SMILES string of the molecule is COc1ccc2nc(SCC(=O)Nc3cc4c(cc3Cl)OCO4)[nH]c2c1. The number of H-pyrrole nitrogens is 1. The van der Waals surface area contributed by atoms with E-state index in [0.29, 0.717) is 27.4 Å². The van der Waals surface area contributed by atoms with Crippen LogP contribution in [0.1, 0.15) is 0 Å². The fraction of sp³-hybridized carbons (Fsp3) is 0.176. The van der Waals surface area contributed by atoms with Gasteiger partial charge in [0.2, 0.25) is 12.7 Å².